The van der Waals surface area contributed by atoms with E-state index < -0.39 is 8.07 Å². The Morgan fingerprint density at radius 3 is 1.64 bits per heavy atom. The van der Waals surface area contributed by atoms with Gasteiger partial charge in [-0.2, -0.15) is 0 Å². The third kappa shape index (κ3) is 3.84. The molecule has 212 valence electrons. The van der Waals surface area contributed by atoms with Crippen molar-refractivity contribution in [2.24, 2.45) is 0 Å². The first-order chi connectivity index (χ1) is 22.1. The standard InChI is InChI=1S/C44H32Si/c1-45(2)41-26-13-12-21-33(41)38-27-39-40(28-42(38)45)44(35-25-14-18-30-17-6-7-19-32(30)35)37-24-11-10-23-36(37)43(39)34-22-9-8-20-31(34)29-15-4-3-5-16-29/h3-28H,1-2H3. The topological polar surface area (TPSA) is 0 Å². The third-order valence-corrected chi connectivity index (χ3v) is 13.6. The average Bonchev–Trinajstić information content (AvgIpc) is 3.32. The zero-order valence-corrected chi connectivity index (χ0v) is 26.5. The largest absolute Gasteiger partial charge is 0.113 e. The van der Waals surface area contributed by atoms with Crippen LogP contribution in [0.3, 0.4) is 0 Å². The van der Waals surface area contributed by atoms with Crippen molar-refractivity contribution in [3.8, 4) is 44.5 Å². The van der Waals surface area contributed by atoms with Gasteiger partial charge in [-0.05, 0) is 93.3 Å². The molecule has 0 radical (unpaired) electrons. The first-order valence-corrected chi connectivity index (χ1v) is 18.9. The molecule has 0 bridgehead atoms. The third-order valence-electron chi connectivity index (χ3n) is 10.1. The monoisotopic (exact) mass is 588 g/mol. The van der Waals surface area contributed by atoms with Crippen molar-refractivity contribution in [1.29, 1.82) is 0 Å². The van der Waals surface area contributed by atoms with Crippen molar-refractivity contribution in [3.05, 3.63) is 158 Å². The van der Waals surface area contributed by atoms with E-state index >= 15 is 0 Å². The number of benzene rings is 8. The Labute approximate surface area is 265 Å². The van der Waals surface area contributed by atoms with Crippen molar-refractivity contribution in [1.82, 2.24) is 0 Å². The second kappa shape index (κ2) is 9.89. The fourth-order valence-corrected chi connectivity index (χ4v) is 11.0. The lowest BCUT2D eigenvalue weighted by molar-refractivity contribution is 1.61. The predicted octanol–water partition coefficient (Wildman–Crippen LogP) is 11.0. The highest BCUT2D eigenvalue weighted by Crippen LogP contribution is 2.48. The van der Waals surface area contributed by atoms with Gasteiger partial charge in [0.25, 0.3) is 0 Å². The van der Waals surface area contributed by atoms with Gasteiger partial charge in [0, 0.05) is 0 Å². The maximum absolute atomic E-state index is 2.59. The molecule has 0 spiro atoms. The molecule has 1 aliphatic heterocycles. The van der Waals surface area contributed by atoms with Gasteiger partial charge < -0.3 is 0 Å². The predicted molar refractivity (Wildman–Crippen MR) is 197 cm³/mol. The number of rotatable bonds is 3. The molecule has 1 aliphatic rings. The quantitative estimate of drug-likeness (QED) is 0.142. The van der Waals surface area contributed by atoms with Gasteiger partial charge in [-0.25, -0.2) is 0 Å². The molecule has 0 amide bonds. The van der Waals surface area contributed by atoms with Crippen LogP contribution in [-0.2, 0) is 0 Å². The Kier molecular flexibility index (Phi) is 5.75. The summed E-state index contributed by atoms with van der Waals surface area (Å²) in [5, 5.41) is 10.9. The highest BCUT2D eigenvalue weighted by Gasteiger charge is 2.38. The molecule has 0 N–H and O–H groups in total. The highest BCUT2D eigenvalue weighted by molar-refractivity contribution is 7.04. The zero-order chi connectivity index (χ0) is 30.1. The van der Waals surface area contributed by atoms with Crippen LogP contribution in [0.5, 0.6) is 0 Å². The SMILES string of the molecule is C[Si]1(C)c2ccccc2-c2cc3c(-c4ccccc4-c4ccccc4)c4ccccc4c(-c4cccc5ccccc45)c3cc21. The summed E-state index contributed by atoms with van der Waals surface area (Å²) >= 11 is 0. The smallest absolute Gasteiger partial charge is 0.0623 e. The first kappa shape index (κ1) is 26.2. The van der Waals surface area contributed by atoms with Crippen molar-refractivity contribution >= 4 is 50.8 Å². The molecule has 0 fully saturated rings. The second-order valence-corrected chi connectivity index (χ2v) is 17.2. The minimum absolute atomic E-state index is 1.24. The van der Waals surface area contributed by atoms with Crippen LogP contribution in [-0.4, -0.2) is 8.07 Å². The van der Waals surface area contributed by atoms with E-state index in [-0.39, 0.29) is 0 Å². The summed E-state index contributed by atoms with van der Waals surface area (Å²) in [6, 6.07) is 58.8. The maximum atomic E-state index is 2.59. The van der Waals surface area contributed by atoms with Crippen LogP contribution < -0.4 is 10.4 Å². The van der Waals surface area contributed by atoms with E-state index in [1.165, 1.54) is 87.2 Å². The molecule has 0 nitrogen and oxygen atoms in total. The Bertz CT molecular complexity index is 2440. The summed E-state index contributed by atoms with van der Waals surface area (Å²) in [5.41, 5.74) is 10.5. The molecular formula is C44H32Si. The molecule has 1 heterocycles. The van der Waals surface area contributed by atoms with Crippen LogP contribution in [0.1, 0.15) is 0 Å². The first-order valence-electron chi connectivity index (χ1n) is 15.9. The average molecular weight is 589 g/mol. The molecule has 8 aromatic rings. The molecule has 0 atom stereocenters. The van der Waals surface area contributed by atoms with Crippen molar-refractivity contribution < 1.29 is 0 Å². The van der Waals surface area contributed by atoms with Gasteiger partial charge in [0.1, 0.15) is 8.07 Å². The van der Waals surface area contributed by atoms with Crippen LogP contribution >= 0.6 is 0 Å². The molecule has 0 aliphatic carbocycles. The van der Waals surface area contributed by atoms with E-state index in [0.717, 1.165) is 0 Å². The molecule has 8 aromatic carbocycles. The van der Waals surface area contributed by atoms with E-state index in [1.807, 2.05) is 0 Å². The lowest BCUT2D eigenvalue weighted by Gasteiger charge is -2.23. The van der Waals surface area contributed by atoms with Gasteiger partial charge in [-0.3, -0.25) is 0 Å². The van der Waals surface area contributed by atoms with Crippen LogP contribution in [0.15, 0.2) is 158 Å². The Balaban J connectivity index is 1.51. The Morgan fingerprint density at radius 2 is 0.867 bits per heavy atom. The molecule has 45 heavy (non-hydrogen) atoms. The lowest BCUT2D eigenvalue weighted by Crippen LogP contribution is -2.49. The van der Waals surface area contributed by atoms with Crippen molar-refractivity contribution in [2.75, 3.05) is 0 Å². The van der Waals surface area contributed by atoms with Crippen LogP contribution in [0.25, 0.3) is 76.8 Å². The van der Waals surface area contributed by atoms with Crippen LogP contribution in [0.4, 0.5) is 0 Å². The summed E-state index contributed by atoms with van der Waals surface area (Å²) in [7, 11) is -1.90. The van der Waals surface area contributed by atoms with E-state index in [0.29, 0.717) is 0 Å². The number of hydrogen-bond donors (Lipinski definition) is 0. The molecule has 9 rings (SSSR count). The van der Waals surface area contributed by atoms with E-state index in [1.54, 1.807) is 0 Å². The molecule has 0 unspecified atom stereocenters. The van der Waals surface area contributed by atoms with E-state index in [2.05, 4.69) is 171 Å². The summed E-state index contributed by atoms with van der Waals surface area (Å²) < 4.78 is 0. The molecule has 1 heteroatoms. The van der Waals surface area contributed by atoms with Gasteiger partial charge in [-0.1, -0.05) is 165 Å². The molecule has 0 saturated heterocycles. The summed E-state index contributed by atoms with van der Waals surface area (Å²) in [5.74, 6) is 0. The van der Waals surface area contributed by atoms with Crippen molar-refractivity contribution in [3.63, 3.8) is 0 Å². The summed E-state index contributed by atoms with van der Waals surface area (Å²) in [4.78, 5) is 0. The molecule has 0 saturated carbocycles. The molecule has 0 aromatic heterocycles. The fraction of sp³-hybridized carbons (Fsp3) is 0.0455. The fourth-order valence-electron chi connectivity index (χ4n) is 7.96. The van der Waals surface area contributed by atoms with Gasteiger partial charge in [0.2, 0.25) is 0 Å². The van der Waals surface area contributed by atoms with Crippen molar-refractivity contribution in [2.45, 2.75) is 13.1 Å². The normalized spacial score (nSPS) is 13.3. The zero-order valence-electron chi connectivity index (χ0n) is 25.5. The summed E-state index contributed by atoms with van der Waals surface area (Å²) in [6.45, 7) is 5.04. The highest BCUT2D eigenvalue weighted by atomic mass is 28.3. The lowest BCUT2D eigenvalue weighted by atomic mass is 9.82. The Hall–Kier alpha value is -5.24. The minimum Gasteiger partial charge on any atom is -0.0623 e. The molecular weight excluding hydrogens is 557 g/mol. The second-order valence-electron chi connectivity index (χ2n) is 12.8. The number of hydrogen-bond acceptors (Lipinski definition) is 0. The van der Waals surface area contributed by atoms with Gasteiger partial charge in [0.05, 0.1) is 0 Å². The van der Waals surface area contributed by atoms with Gasteiger partial charge >= 0.3 is 0 Å². The van der Waals surface area contributed by atoms with Gasteiger partial charge in [-0.15, -0.1) is 0 Å². The van der Waals surface area contributed by atoms with E-state index in [4.69, 9.17) is 0 Å². The Morgan fingerprint density at radius 1 is 0.333 bits per heavy atom. The summed E-state index contributed by atoms with van der Waals surface area (Å²) in [6.07, 6.45) is 0. The van der Waals surface area contributed by atoms with Crippen LogP contribution in [0.2, 0.25) is 13.1 Å². The van der Waals surface area contributed by atoms with Crippen LogP contribution in [0, 0.1) is 0 Å². The minimum atomic E-state index is -1.90. The number of fused-ring (bicyclic) bond motifs is 6. The maximum Gasteiger partial charge on any atom is 0.113 e. The van der Waals surface area contributed by atoms with E-state index in [9.17, 15) is 0 Å². The van der Waals surface area contributed by atoms with Gasteiger partial charge in [0.15, 0.2) is 0 Å².